The molecule has 0 unspecified atom stereocenters. The molecular formula is C15H23BF3K. The summed E-state index contributed by atoms with van der Waals surface area (Å²) in [6, 6.07) is 3.48. The van der Waals surface area contributed by atoms with Crippen molar-refractivity contribution in [2.75, 3.05) is 0 Å². The van der Waals surface area contributed by atoms with Gasteiger partial charge in [-0.15, -0.1) is 5.46 Å². The van der Waals surface area contributed by atoms with Crippen molar-refractivity contribution in [1.82, 2.24) is 0 Å². The number of hydrogen-bond acceptors (Lipinski definition) is 0. The molecule has 0 amide bonds. The van der Waals surface area contributed by atoms with Gasteiger partial charge in [0.15, 0.2) is 0 Å². The van der Waals surface area contributed by atoms with Gasteiger partial charge in [0.1, 0.15) is 0 Å². The summed E-state index contributed by atoms with van der Waals surface area (Å²) in [5.41, 5.74) is 1.52. The van der Waals surface area contributed by atoms with E-state index in [0.29, 0.717) is 11.1 Å². The summed E-state index contributed by atoms with van der Waals surface area (Å²) >= 11 is 0. The summed E-state index contributed by atoms with van der Waals surface area (Å²) in [6.45, 7) is 6.38. The number of rotatable bonds is 4. The first-order valence-corrected chi connectivity index (χ1v) is 6.93. The van der Waals surface area contributed by atoms with Crippen LogP contribution in [-0.2, 0) is 0 Å². The van der Waals surface area contributed by atoms with E-state index < -0.39 is 6.98 Å². The minimum atomic E-state index is -4.97. The van der Waals surface area contributed by atoms with Crippen molar-refractivity contribution >= 4 is 12.4 Å². The van der Waals surface area contributed by atoms with Gasteiger partial charge in [0.2, 0.25) is 0 Å². The zero-order chi connectivity index (χ0) is 15.0. The van der Waals surface area contributed by atoms with Gasteiger partial charge in [-0.05, 0) is 23.3 Å². The van der Waals surface area contributed by atoms with Gasteiger partial charge < -0.3 is 12.9 Å². The van der Waals surface area contributed by atoms with Gasteiger partial charge in [-0.3, -0.25) is 0 Å². The quantitative estimate of drug-likeness (QED) is 0.747. The SMILES string of the molecule is CC(C)c1cc(C(C)C)c([B-](F)(F)F)c(C(C)C)c1.[K+]. The van der Waals surface area contributed by atoms with Crippen LogP contribution >= 0.6 is 0 Å². The van der Waals surface area contributed by atoms with Crippen LogP contribution in [0.25, 0.3) is 0 Å². The van der Waals surface area contributed by atoms with Crippen LogP contribution in [0.4, 0.5) is 12.9 Å². The van der Waals surface area contributed by atoms with Crippen LogP contribution in [0.3, 0.4) is 0 Å². The van der Waals surface area contributed by atoms with Crippen molar-refractivity contribution in [3.63, 3.8) is 0 Å². The summed E-state index contributed by atoms with van der Waals surface area (Å²) in [7, 11) is 0. The molecule has 0 bridgehead atoms. The number of benzene rings is 1. The average Bonchev–Trinajstić information content (AvgIpc) is 2.25. The Hall–Kier alpha value is 0.711. The summed E-state index contributed by atoms with van der Waals surface area (Å²) in [6.07, 6.45) is 0. The molecule has 0 saturated carbocycles. The smallest absolute Gasteiger partial charge is 0.445 e. The fraction of sp³-hybridized carbons (Fsp3) is 0.600. The largest absolute Gasteiger partial charge is 1.00 e. The van der Waals surface area contributed by atoms with E-state index in [1.807, 2.05) is 41.5 Å². The maximum Gasteiger partial charge on any atom is 1.00 e. The molecule has 0 saturated heterocycles. The molecule has 0 aliphatic heterocycles. The molecular weight excluding hydrogens is 287 g/mol. The first kappa shape index (κ1) is 20.7. The van der Waals surface area contributed by atoms with E-state index in [1.54, 1.807) is 12.1 Å². The predicted octanol–water partition coefficient (Wildman–Crippen LogP) is 2.12. The van der Waals surface area contributed by atoms with Crippen molar-refractivity contribution in [3.05, 3.63) is 28.8 Å². The molecule has 1 rings (SSSR count). The monoisotopic (exact) mass is 310 g/mol. The van der Waals surface area contributed by atoms with Gasteiger partial charge in [-0.25, -0.2) is 0 Å². The Morgan fingerprint density at radius 3 is 1.30 bits per heavy atom. The molecule has 0 aliphatic carbocycles. The minimum absolute atomic E-state index is 0. The van der Waals surface area contributed by atoms with E-state index in [4.69, 9.17) is 0 Å². The van der Waals surface area contributed by atoms with E-state index in [-0.39, 0.29) is 74.6 Å². The van der Waals surface area contributed by atoms with Crippen molar-refractivity contribution < 1.29 is 64.3 Å². The zero-order valence-electron chi connectivity index (χ0n) is 13.6. The van der Waals surface area contributed by atoms with Crippen LogP contribution in [0.1, 0.15) is 76.0 Å². The van der Waals surface area contributed by atoms with Crippen LogP contribution < -0.4 is 56.8 Å². The van der Waals surface area contributed by atoms with Gasteiger partial charge in [0, 0.05) is 0 Å². The molecule has 1 aromatic rings. The van der Waals surface area contributed by atoms with Crippen LogP contribution in [0.15, 0.2) is 12.1 Å². The van der Waals surface area contributed by atoms with Crippen molar-refractivity contribution in [2.45, 2.75) is 59.3 Å². The molecule has 0 aliphatic rings. The molecule has 0 heterocycles. The predicted molar refractivity (Wildman–Crippen MR) is 77.4 cm³/mol. The van der Waals surface area contributed by atoms with Gasteiger partial charge in [-0.2, -0.15) is 0 Å². The third-order valence-electron chi connectivity index (χ3n) is 3.50. The minimum Gasteiger partial charge on any atom is -0.445 e. The molecule has 0 fully saturated rings. The van der Waals surface area contributed by atoms with Crippen LogP contribution in [0.5, 0.6) is 0 Å². The fourth-order valence-corrected chi connectivity index (χ4v) is 2.39. The van der Waals surface area contributed by atoms with Crippen molar-refractivity contribution in [3.8, 4) is 0 Å². The Bertz CT molecular complexity index is 422. The second kappa shape index (κ2) is 7.82. The molecule has 0 radical (unpaired) electrons. The molecule has 20 heavy (non-hydrogen) atoms. The van der Waals surface area contributed by atoms with Crippen molar-refractivity contribution in [2.24, 2.45) is 0 Å². The Morgan fingerprint density at radius 1 is 0.750 bits per heavy atom. The Balaban J connectivity index is 0.00000361. The normalized spacial score (nSPS) is 12.2. The maximum absolute atomic E-state index is 13.4. The van der Waals surface area contributed by atoms with Crippen LogP contribution in [-0.4, -0.2) is 6.98 Å². The van der Waals surface area contributed by atoms with Gasteiger partial charge >= 0.3 is 58.4 Å². The number of halogens is 3. The molecule has 0 aromatic heterocycles. The summed E-state index contributed by atoms with van der Waals surface area (Å²) < 4.78 is 40.3. The summed E-state index contributed by atoms with van der Waals surface area (Å²) in [5.74, 6) is 0.00850. The average molecular weight is 310 g/mol. The van der Waals surface area contributed by atoms with Gasteiger partial charge in [0.05, 0.1) is 0 Å². The molecule has 5 heteroatoms. The Labute approximate surface area is 163 Å². The van der Waals surface area contributed by atoms with Gasteiger partial charge in [-0.1, -0.05) is 64.8 Å². The zero-order valence-corrected chi connectivity index (χ0v) is 16.7. The van der Waals surface area contributed by atoms with E-state index in [2.05, 4.69) is 0 Å². The summed E-state index contributed by atoms with van der Waals surface area (Å²) in [5, 5.41) is 0. The maximum atomic E-state index is 13.4. The molecule has 108 valence electrons. The van der Waals surface area contributed by atoms with E-state index in [9.17, 15) is 12.9 Å². The van der Waals surface area contributed by atoms with E-state index >= 15 is 0 Å². The second-order valence-corrected chi connectivity index (χ2v) is 6.15. The summed E-state index contributed by atoms with van der Waals surface area (Å²) in [4.78, 5) is 0. The van der Waals surface area contributed by atoms with E-state index in [0.717, 1.165) is 5.56 Å². The number of hydrogen-bond donors (Lipinski definition) is 0. The van der Waals surface area contributed by atoms with E-state index in [1.165, 1.54) is 0 Å². The molecule has 0 N–H and O–H groups in total. The third-order valence-corrected chi connectivity index (χ3v) is 3.50. The van der Waals surface area contributed by atoms with Crippen LogP contribution in [0, 0.1) is 0 Å². The Kier molecular flexibility index (Phi) is 8.10. The topological polar surface area (TPSA) is 0 Å². The van der Waals surface area contributed by atoms with Gasteiger partial charge in [0.25, 0.3) is 0 Å². The van der Waals surface area contributed by atoms with Crippen molar-refractivity contribution in [1.29, 1.82) is 0 Å². The first-order valence-electron chi connectivity index (χ1n) is 6.93. The molecule has 0 nitrogen and oxygen atoms in total. The first-order chi connectivity index (χ1) is 8.55. The molecule has 1 aromatic carbocycles. The Morgan fingerprint density at radius 2 is 1.10 bits per heavy atom. The second-order valence-electron chi connectivity index (χ2n) is 6.15. The standard InChI is InChI=1S/C15H23BF3.K/c1-9(2)12-7-13(10(3)4)15(16(17,18)19)14(8-12)11(5)6;/h7-11H,1-6H3;/q-1;+1. The van der Waals surface area contributed by atoms with Crippen LogP contribution in [0.2, 0.25) is 0 Å². The molecule has 0 atom stereocenters. The fourth-order valence-electron chi connectivity index (χ4n) is 2.39. The molecule has 0 spiro atoms. The third kappa shape index (κ3) is 4.87.